The molecule has 0 unspecified atom stereocenters. The van der Waals surface area contributed by atoms with Gasteiger partial charge in [0.05, 0.1) is 0 Å². The van der Waals surface area contributed by atoms with Crippen LogP contribution in [-0.2, 0) is 0 Å². The Hall–Kier alpha value is 1.13. The SMILES string of the molecule is CCCCC[CH2][Al-]([CH2]C)([CH2]CCCCC)[CH2]CCCCC.[Li+]. The van der Waals surface area contributed by atoms with Crippen molar-refractivity contribution >= 4 is 13.1 Å². The molecule has 0 spiro atoms. The molecule has 0 fully saturated rings. The number of unbranched alkanes of at least 4 members (excludes halogenated alkanes) is 9. The summed E-state index contributed by atoms with van der Waals surface area (Å²) in [6.07, 6.45) is 17.7. The van der Waals surface area contributed by atoms with Crippen LogP contribution >= 0.6 is 0 Å². The fraction of sp³-hybridized carbons (Fsp3) is 1.00. The van der Waals surface area contributed by atoms with Crippen LogP contribution in [0.15, 0.2) is 0 Å². The second-order valence-corrected chi connectivity index (χ2v) is 13.7. The average Bonchev–Trinajstić information content (AvgIpc) is 2.51. The van der Waals surface area contributed by atoms with Crippen molar-refractivity contribution < 1.29 is 18.9 Å². The molecule has 0 aliphatic heterocycles. The van der Waals surface area contributed by atoms with E-state index in [2.05, 4.69) is 27.7 Å². The largest absolute Gasteiger partial charge is 1.00 e. The molecule has 0 aromatic heterocycles. The van der Waals surface area contributed by atoms with Crippen LogP contribution in [0.2, 0.25) is 21.1 Å². The summed E-state index contributed by atoms with van der Waals surface area (Å²) in [5, 5.41) is 6.59. The summed E-state index contributed by atoms with van der Waals surface area (Å²) in [6.45, 7) is 9.54. The first-order valence-corrected chi connectivity index (χ1v) is 13.7. The number of rotatable bonds is 16. The van der Waals surface area contributed by atoms with Crippen molar-refractivity contribution in [2.45, 2.75) is 126 Å². The van der Waals surface area contributed by atoms with Crippen LogP contribution in [0.1, 0.15) is 105 Å². The van der Waals surface area contributed by atoms with Crippen molar-refractivity contribution in [1.82, 2.24) is 0 Å². The van der Waals surface area contributed by atoms with Crippen molar-refractivity contribution in [3.63, 3.8) is 0 Å². The summed E-state index contributed by atoms with van der Waals surface area (Å²) in [4.78, 5) is 0. The van der Waals surface area contributed by atoms with Crippen LogP contribution in [0.5, 0.6) is 0 Å². The van der Waals surface area contributed by atoms with Crippen molar-refractivity contribution in [3.05, 3.63) is 0 Å². The van der Waals surface area contributed by atoms with Gasteiger partial charge in [-0.1, -0.05) is 97.8 Å². The van der Waals surface area contributed by atoms with E-state index in [0.29, 0.717) is 0 Å². The zero-order valence-corrected chi connectivity index (χ0v) is 18.0. The van der Waals surface area contributed by atoms with Crippen molar-refractivity contribution in [3.8, 4) is 0 Å². The van der Waals surface area contributed by atoms with Gasteiger partial charge in [-0.05, 0) is 0 Å². The second kappa shape index (κ2) is 18.5. The summed E-state index contributed by atoms with van der Waals surface area (Å²) >= 11 is -1.24. The molecule has 0 aromatic carbocycles. The molecule has 128 valence electrons. The molecule has 22 heavy (non-hydrogen) atoms. The number of hydrogen-bond donors (Lipinski definition) is 0. The molecule has 0 rings (SSSR count). The molecule has 0 aromatic rings. The Morgan fingerprint density at radius 1 is 0.455 bits per heavy atom. The van der Waals surface area contributed by atoms with E-state index in [4.69, 9.17) is 0 Å². The fourth-order valence-corrected chi connectivity index (χ4v) is 9.61. The van der Waals surface area contributed by atoms with Crippen LogP contribution in [0.3, 0.4) is 0 Å². The zero-order chi connectivity index (χ0) is 15.8. The van der Waals surface area contributed by atoms with Gasteiger partial charge in [0.2, 0.25) is 0 Å². The smallest absolute Gasteiger partial charge is 0.194 e. The average molecular weight is 318 g/mol. The van der Waals surface area contributed by atoms with Gasteiger partial charge in [-0.3, -0.25) is 0 Å². The minimum absolute atomic E-state index is 0. The molecule has 0 heterocycles. The molecule has 0 nitrogen and oxygen atoms in total. The van der Waals surface area contributed by atoms with Gasteiger partial charge < -0.3 is 0 Å². The summed E-state index contributed by atoms with van der Waals surface area (Å²) in [5.41, 5.74) is 0. The Kier molecular flexibility index (Phi) is 21.3. The number of hydrogen-bond acceptors (Lipinski definition) is 0. The van der Waals surface area contributed by atoms with Crippen molar-refractivity contribution in [1.29, 1.82) is 0 Å². The van der Waals surface area contributed by atoms with E-state index in [-0.39, 0.29) is 18.9 Å². The molecule has 0 amide bonds. The maximum atomic E-state index is 2.53. The van der Waals surface area contributed by atoms with Crippen LogP contribution < -0.4 is 18.9 Å². The van der Waals surface area contributed by atoms with Gasteiger partial charge >= 0.3 is 18.9 Å². The maximum Gasteiger partial charge on any atom is 1.00 e. The van der Waals surface area contributed by atoms with Crippen LogP contribution in [0.25, 0.3) is 0 Å². The van der Waals surface area contributed by atoms with Crippen LogP contribution in [0, 0.1) is 0 Å². The van der Waals surface area contributed by atoms with E-state index in [0.717, 1.165) is 0 Å². The van der Waals surface area contributed by atoms with E-state index in [1.165, 1.54) is 57.8 Å². The normalized spacial score (nSPS) is 11.5. The molecule has 0 radical (unpaired) electrons. The van der Waals surface area contributed by atoms with Gasteiger partial charge in [0.25, 0.3) is 0 Å². The Bertz CT molecular complexity index is 175. The Morgan fingerprint density at radius 2 is 0.773 bits per heavy atom. The molecule has 0 bridgehead atoms. The summed E-state index contributed by atoms with van der Waals surface area (Å²) in [5.74, 6) is 0. The maximum absolute atomic E-state index is 2.53. The molecular weight excluding hydrogens is 274 g/mol. The zero-order valence-electron chi connectivity index (χ0n) is 16.9. The second-order valence-electron chi connectivity index (χ2n) is 7.69. The van der Waals surface area contributed by atoms with Crippen molar-refractivity contribution in [2.24, 2.45) is 0 Å². The summed E-state index contributed by atoms with van der Waals surface area (Å²) < 4.78 is 0. The Balaban J connectivity index is 0. The molecule has 0 N–H and O–H groups in total. The minimum Gasteiger partial charge on any atom is -0.194 e. The molecule has 0 aliphatic rings. The fourth-order valence-electron chi connectivity index (χ4n) is 4.06. The van der Waals surface area contributed by atoms with Gasteiger partial charge in [0, 0.05) is 0 Å². The van der Waals surface area contributed by atoms with E-state index in [1.807, 2.05) is 0 Å². The first kappa shape index (κ1) is 25.4. The molecule has 0 aliphatic carbocycles. The molecule has 0 saturated carbocycles. The molecule has 0 atom stereocenters. The third-order valence-electron chi connectivity index (χ3n) is 5.88. The summed E-state index contributed by atoms with van der Waals surface area (Å²) in [6, 6.07) is 0. The topological polar surface area (TPSA) is 0 Å². The van der Waals surface area contributed by atoms with Crippen LogP contribution in [-0.4, -0.2) is 13.1 Å². The van der Waals surface area contributed by atoms with Gasteiger partial charge in [-0.25, -0.2) is 0 Å². The van der Waals surface area contributed by atoms with E-state index in [1.54, 1.807) is 40.4 Å². The monoisotopic (exact) mass is 318 g/mol. The van der Waals surface area contributed by atoms with Gasteiger partial charge in [-0.2, -0.15) is 21.1 Å². The van der Waals surface area contributed by atoms with Crippen molar-refractivity contribution in [2.75, 3.05) is 0 Å². The Morgan fingerprint density at radius 3 is 1.00 bits per heavy atom. The van der Waals surface area contributed by atoms with E-state index in [9.17, 15) is 0 Å². The van der Waals surface area contributed by atoms with E-state index >= 15 is 0 Å². The third kappa shape index (κ3) is 13.6. The first-order valence-electron chi connectivity index (χ1n) is 10.5. The predicted molar refractivity (Wildman–Crippen MR) is 103 cm³/mol. The van der Waals surface area contributed by atoms with E-state index < -0.39 is 13.1 Å². The van der Waals surface area contributed by atoms with Gasteiger partial charge in [0.15, 0.2) is 0 Å². The molecule has 2 heteroatoms. The van der Waals surface area contributed by atoms with Gasteiger partial charge in [-0.15, -0.1) is 6.92 Å². The van der Waals surface area contributed by atoms with Crippen LogP contribution in [0.4, 0.5) is 0 Å². The molecule has 0 saturated heterocycles. The quantitative estimate of drug-likeness (QED) is 0.271. The Labute approximate surface area is 157 Å². The van der Waals surface area contributed by atoms with Gasteiger partial charge in [0.1, 0.15) is 13.1 Å². The molecular formula is C20H44AlLi. The first-order chi connectivity index (χ1) is 10.2. The predicted octanol–water partition coefficient (Wildman–Crippen LogP) is 5.20. The minimum atomic E-state index is -1.24. The third-order valence-corrected chi connectivity index (χ3v) is 12.5. The standard InChI is InChI=1S/3C6H13.C2H5.Al.Li/c3*1-3-5-6-4-2;1-2;;/h3*1,3-6H2,2H3;1H2,2H3;;/q;;;;-1;+1. The summed E-state index contributed by atoms with van der Waals surface area (Å²) in [7, 11) is 0.